The fraction of sp³-hybridized carbons (Fsp3) is 0. The first-order valence-corrected chi connectivity index (χ1v) is 17.3. The van der Waals surface area contributed by atoms with Crippen LogP contribution in [-0.2, 0) is 0 Å². The molecule has 0 nitrogen and oxygen atoms in total. The van der Waals surface area contributed by atoms with E-state index in [1.165, 1.54) is 98.4 Å². The second-order valence-electron chi connectivity index (χ2n) is 13.3. The molecule has 0 unspecified atom stereocenters. The number of hydrogen-bond acceptors (Lipinski definition) is 0. The molecule has 0 heterocycles. The number of hydrogen-bond donors (Lipinski definition) is 0. The Morgan fingerprint density at radius 1 is 0.180 bits per heavy atom. The third-order valence-electron chi connectivity index (χ3n) is 10.4. The van der Waals surface area contributed by atoms with Gasteiger partial charge >= 0.3 is 0 Å². The van der Waals surface area contributed by atoms with Gasteiger partial charge < -0.3 is 0 Å². The maximum absolute atomic E-state index is 2.38. The zero-order chi connectivity index (χ0) is 33.0. The Balaban J connectivity index is 1.11. The smallest absolute Gasteiger partial charge is 0.00262 e. The van der Waals surface area contributed by atoms with Crippen LogP contribution in [0.1, 0.15) is 0 Å². The topological polar surface area (TPSA) is 0 Å². The lowest BCUT2D eigenvalue weighted by Gasteiger charge is -2.18. The van der Waals surface area contributed by atoms with Crippen molar-refractivity contribution < 1.29 is 0 Å². The van der Waals surface area contributed by atoms with Crippen LogP contribution in [0.15, 0.2) is 194 Å². The molecule has 0 aliphatic carbocycles. The summed E-state index contributed by atoms with van der Waals surface area (Å²) in [7, 11) is 0. The van der Waals surface area contributed by atoms with E-state index in [2.05, 4.69) is 194 Å². The molecule has 0 saturated carbocycles. The lowest BCUT2D eigenvalue weighted by molar-refractivity contribution is 1.63. The number of benzene rings is 10. The second kappa shape index (κ2) is 11.6. The van der Waals surface area contributed by atoms with Gasteiger partial charge in [-0.1, -0.05) is 176 Å². The standard InChI is InChI=1S/C50H32/c1-2-10-33(11-3-1)39-26-28-43-40(31-39)24-25-41-32-42(27-29-44(41)43)50-47-16-8-6-14-45(47)49(46-15-7-9-17-48(46)50)36-21-18-35(19-22-36)38-23-20-34-12-4-5-13-37(34)30-38/h1-32H. The van der Waals surface area contributed by atoms with E-state index >= 15 is 0 Å². The number of fused-ring (bicyclic) bond motifs is 6. The van der Waals surface area contributed by atoms with Crippen LogP contribution in [0.25, 0.3) is 98.4 Å². The predicted octanol–water partition coefficient (Wildman–Crippen LogP) is 14.1. The van der Waals surface area contributed by atoms with E-state index < -0.39 is 0 Å². The zero-order valence-electron chi connectivity index (χ0n) is 27.5. The van der Waals surface area contributed by atoms with Gasteiger partial charge in [0.05, 0.1) is 0 Å². The SMILES string of the molecule is c1ccc(-c2ccc3c(ccc4cc(-c5c6ccccc6c(-c6ccc(-c7ccc8ccccc8c7)cc6)c6ccccc56)ccc43)c2)cc1. The summed E-state index contributed by atoms with van der Waals surface area (Å²) in [6, 6.07) is 71.3. The minimum Gasteiger partial charge on any atom is -0.0622 e. The van der Waals surface area contributed by atoms with E-state index in [1.54, 1.807) is 0 Å². The molecule has 0 bridgehead atoms. The Morgan fingerprint density at radius 2 is 0.560 bits per heavy atom. The van der Waals surface area contributed by atoms with Crippen molar-refractivity contribution in [2.45, 2.75) is 0 Å². The van der Waals surface area contributed by atoms with Crippen molar-refractivity contribution in [2.24, 2.45) is 0 Å². The summed E-state index contributed by atoms with van der Waals surface area (Å²) < 4.78 is 0. The van der Waals surface area contributed by atoms with E-state index in [0.717, 1.165) is 0 Å². The molecule has 0 aliphatic rings. The highest BCUT2D eigenvalue weighted by molar-refractivity contribution is 6.22. The van der Waals surface area contributed by atoms with Gasteiger partial charge in [0.25, 0.3) is 0 Å². The van der Waals surface area contributed by atoms with Gasteiger partial charge in [-0.05, 0) is 117 Å². The molecule has 0 fully saturated rings. The van der Waals surface area contributed by atoms with E-state index in [1.807, 2.05) is 0 Å². The summed E-state index contributed by atoms with van der Waals surface area (Å²) in [6.45, 7) is 0. The third kappa shape index (κ3) is 4.69. The van der Waals surface area contributed by atoms with Gasteiger partial charge in [0.2, 0.25) is 0 Å². The van der Waals surface area contributed by atoms with Crippen molar-refractivity contribution in [3.63, 3.8) is 0 Å². The second-order valence-corrected chi connectivity index (χ2v) is 13.3. The Kier molecular flexibility index (Phi) is 6.60. The van der Waals surface area contributed by atoms with E-state index in [-0.39, 0.29) is 0 Å². The van der Waals surface area contributed by atoms with Gasteiger partial charge in [0, 0.05) is 0 Å². The van der Waals surface area contributed by atoms with Crippen molar-refractivity contribution >= 4 is 53.9 Å². The molecule has 10 aromatic carbocycles. The van der Waals surface area contributed by atoms with Crippen LogP contribution in [0.5, 0.6) is 0 Å². The molecule has 0 radical (unpaired) electrons. The summed E-state index contributed by atoms with van der Waals surface area (Å²) in [5, 5.41) is 12.7. The molecule has 232 valence electrons. The van der Waals surface area contributed by atoms with Crippen LogP contribution < -0.4 is 0 Å². The van der Waals surface area contributed by atoms with Crippen molar-refractivity contribution in [3.8, 4) is 44.5 Å². The van der Waals surface area contributed by atoms with Crippen LogP contribution in [0, 0.1) is 0 Å². The van der Waals surface area contributed by atoms with Crippen LogP contribution >= 0.6 is 0 Å². The molecule has 0 amide bonds. The van der Waals surface area contributed by atoms with E-state index in [4.69, 9.17) is 0 Å². The highest BCUT2D eigenvalue weighted by atomic mass is 14.2. The summed E-state index contributed by atoms with van der Waals surface area (Å²) >= 11 is 0. The largest absolute Gasteiger partial charge is 0.0622 e. The summed E-state index contributed by atoms with van der Waals surface area (Å²) in [6.07, 6.45) is 0. The van der Waals surface area contributed by atoms with Gasteiger partial charge in [0.1, 0.15) is 0 Å². The van der Waals surface area contributed by atoms with Crippen molar-refractivity contribution in [1.82, 2.24) is 0 Å². The van der Waals surface area contributed by atoms with Gasteiger partial charge in [0.15, 0.2) is 0 Å². The first-order valence-electron chi connectivity index (χ1n) is 17.3. The Morgan fingerprint density at radius 3 is 1.18 bits per heavy atom. The monoisotopic (exact) mass is 632 g/mol. The van der Waals surface area contributed by atoms with Gasteiger partial charge in [-0.15, -0.1) is 0 Å². The molecule has 0 N–H and O–H groups in total. The normalized spacial score (nSPS) is 11.6. The van der Waals surface area contributed by atoms with Crippen molar-refractivity contribution in [1.29, 1.82) is 0 Å². The van der Waals surface area contributed by atoms with Crippen molar-refractivity contribution in [3.05, 3.63) is 194 Å². The minimum absolute atomic E-state index is 1.23. The van der Waals surface area contributed by atoms with Gasteiger partial charge in [-0.25, -0.2) is 0 Å². The molecule has 0 aliphatic heterocycles. The fourth-order valence-electron chi connectivity index (χ4n) is 7.99. The maximum atomic E-state index is 2.38. The molecule has 10 aromatic rings. The van der Waals surface area contributed by atoms with Crippen LogP contribution in [0.3, 0.4) is 0 Å². The molecule has 50 heavy (non-hydrogen) atoms. The lowest BCUT2D eigenvalue weighted by atomic mass is 9.85. The maximum Gasteiger partial charge on any atom is -0.00262 e. The van der Waals surface area contributed by atoms with E-state index in [0.29, 0.717) is 0 Å². The molecule has 0 atom stereocenters. The first-order chi connectivity index (χ1) is 24.8. The molecule has 0 spiro atoms. The average Bonchev–Trinajstić information content (AvgIpc) is 3.19. The Labute approximate surface area is 291 Å². The Bertz CT molecular complexity index is 2840. The fourth-order valence-corrected chi connectivity index (χ4v) is 7.99. The first kappa shape index (κ1) is 28.5. The minimum atomic E-state index is 1.23. The van der Waals surface area contributed by atoms with Crippen LogP contribution in [0.2, 0.25) is 0 Å². The third-order valence-corrected chi connectivity index (χ3v) is 10.4. The van der Waals surface area contributed by atoms with Crippen LogP contribution in [0.4, 0.5) is 0 Å². The molecule has 10 rings (SSSR count). The summed E-state index contributed by atoms with van der Waals surface area (Å²) in [5.41, 5.74) is 9.99. The summed E-state index contributed by atoms with van der Waals surface area (Å²) in [5.74, 6) is 0. The summed E-state index contributed by atoms with van der Waals surface area (Å²) in [4.78, 5) is 0. The zero-order valence-corrected chi connectivity index (χ0v) is 27.5. The number of rotatable bonds is 4. The lowest BCUT2D eigenvalue weighted by Crippen LogP contribution is -1.91. The molecule has 0 heteroatoms. The predicted molar refractivity (Wildman–Crippen MR) is 216 cm³/mol. The Hall–Kier alpha value is -6.50. The van der Waals surface area contributed by atoms with E-state index in [9.17, 15) is 0 Å². The highest BCUT2D eigenvalue weighted by Crippen LogP contribution is 2.45. The average molecular weight is 633 g/mol. The molecule has 0 saturated heterocycles. The molecular weight excluding hydrogens is 601 g/mol. The quantitative estimate of drug-likeness (QED) is 0.134. The molecule has 0 aromatic heterocycles. The highest BCUT2D eigenvalue weighted by Gasteiger charge is 2.17. The molecular formula is C50H32. The van der Waals surface area contributed by atoms with Gasteiger partial charge in [-0.3, -0.25) is 0 Å². The van der Waals surface area contributed by atoms with Gasteiger partial charge in [-0.2, -0.15) is 0 Å². The van der Waals surface area contributed by atoms with Crippen molar-refractivity contribution in [2.75, 3.05) is 0 Å². The van der Waals surface area contributed by atoms with Crippen LogP contribution in [-0.4, -0.2) is 0 Å².